The van der Waals surface area contributed by atoms with E-state index in [0.29, 0.717) is 32.8 Å². The normalized spacial score (nSPS) is 19.0. The van der Waals surface area contributed by atoms with Crippen LogP contribution >= 0.6 is 38.9 Å². The molecule has 2 heterocycles. The van der Waals surface area contributed by atoms with Gasteiger partial charge in [0.2, 0.25) is 0 Å². The first-order chi connectivity index (χ1) is 10.8. The Morgan fingerprint density at radius 2 is 2.35 bits per heavy atom. The lowest BCUT2D eigenvalue weighted by molar-refractivity contribution is -0.0317. The van der Waals surface area contributed by atoms with Gasteiger partial charge in [0.1, 0.15) is 9.94 Å². The third-order valence-corrected chi connectivity index (χ3v) is 5.71. The zero-order valence-electron chi connectivity index (χ0n) is 13.5. The Bertz CT molecular complexity index is 528. The molecule has 0 bridgehead atoms. The molecule has 2 rings (SSSR count). The molecule has 0 aliphatic carbocycles. The van der Waals surface area contributed by atoms with Crippen LogP contribution in [0.1, 0.15) is 25.6 Å². The first-order valence-corrected chi connectivity index (χ1v) is 9.47. The van der Waals surface area contributed by atoms with Gasteiger partial charge in [-0.25, -0.2) is 4.79 Å². The van der Waals surface area contributed by atoms with E-state index >= 15 is 0 Å². The molecule has 1 unspecified atom stereocenters. The van der Waals surface area contributed by atoms with Gasteiger partial charge < -0.3 is 14.8 Å². The minimum Gasteiger partial charge on any atom is -0.444 e. The summed E-state index contributed by atoms with van der Waals surface area (Å²) in [5.74, 6) is 0. The number of rotatable bonds is 4. The van der Waals surface area contributed by atoms with Gasteiger partial charge in [0, 0.05) is 29.0 Å². The molecule has 0 aromatic carbocycles. The number of halogens is 2. The molecule has 1 N–H and O–H groups in total. The molecule has 1 aromatic heterocycles. The maximum Gasteiger partial charge on any atom is 0.410 e. The number of thiophene rings is 1. The molecule has 5 nitrogen and oxygen atoms in total. The van der Waals surface area contributed by atoms with E-state index in [-0.39, 0.29) is 12.1 Å². The number of amides is 1. The van der Waals surface area contributed by atoms with Crippen LogP contribution in [0.3, 0.4) is 0 Å². The lowest BCUT2D eigenvalue weighted by Crippen LogP contribution is -2.53. The highest BCUT2D eigenvalue weighted by molar-refractivity contribution is 9.10. The molecule has 1 aliphatic rings. The van der Waals surface area contributed by atoms with Crippen molar-refractivity contribution in [2.45, 2.75) is 39.0 Å². The number of carbonyl (C=O) groups excluding carboxylic acids is 1. The Morgan fingerprint density at radius 3 is 2.96 bits per heavy atom. The zero-order chi connectivity index (χ0) is 17.0. The van der Waals surface area contributed by atoms with Crippen LogP contribution in [0.15, 0.2) is 10.5 Å². The van der Waals surface area contributed by atoms with Gasteiger partial charge in [0.25, 0.3) is 0 Å². The van der Waals surface area contributed by atoms with E-state index in [9.17, 15) is 4.79 Å². The van der Waals surface area contributed by atoms with E-state index in [2.05, 4.69) is 21.2 Å². The second-order valence-electron chi connectivity index (χ2n) is 6.37. The minimum absolute atomic E-state index is 0.0301. The molecule has 1 amide bonds. The summed E-state index contributed by atoms with van der Waals surface area (Å²) in [6.07, 6.45) is -0.283. The molecule has 0 radical (unpaired) electrons. The highest BCUT2D eigenvalue weighted by Crippen LogP contribution is 2.31. The van der Waals surface area contributed by atoms with E-state index in [1.807, 2.05) is 26.8 Å². The number of nitrogens with zero attached hydrogens (tertiary/aromatic N) is 1. The molecule has 1 fully saturated rings. The van der Waals surface area contributed by atoms with Gasteiger partial charge in [-0.2, -0.15) is 0 Å². The van der Waals surface area contributed by atoms with E-state index in [4.69, 9.17) is 21.1 Å². The fraction of sp³-hybridized carbons (Fsp3) is 0.667. The first-order valence-electron chi connectivity index (χ1n) is 7.48. The van der Waals surface area contributed by atoms with Crippen molar-refractivity contribution in [1.29, 1.82) is 0 Å². The van der Waals surface area contributed by atoms with Gasteiger partial charge in [-0.3, -0.25) is 4.90 Å². The molecule has 8 heteroatoms. The number of morpholine rings is 1. The maximum absolute atomic E-state index is 12.3. The third kappa shape index (κ3) is 5.90. The SMILES string of the molecule is CC(C)(C)OC(=O)N1CCOCC1CNCc1cc(Br)c(Cl)s1. The smallest absolute Gasteiger partial charge is 0.410 e. The van der Waals surface area contributed by atoms with E-state index in [1.54, 1.807) is 4.90 Å². The van der Waals surface area contributed by atoms with Crippen molar-refractivity contribution in [3.05, 3.63) is 19.8 Å². The molecule has 1 atom stereocenters. The van der Waals surface area contributed by atoms with Crippen molar-refractivity contribution in [2.75, 3.05) is 26.3 Å². The molecular formula is C15H22BrClN2O3S. The Morgan fingerprint density at radius 1 is 1.61 bits per heavy atom. The molecule has 130 valence electrons. The molecule has 1 aliphatic heterocycles. The van der Waals surface area contributed by atoms with Crippen LogP contribution in [0, 0.1) is 0 Å². The molecule has 1 saturated heterocycles. The predicted octanol–water partition coefficient (Wildman–Crippen LogP) is 3.89. The molecule has 0 saturated carbocycles. The average Bonchev–Trinajstić information content (AvgIpc) is 2.76. The standard InChI is InChI=1S/C15H22BrClN2O3S/c1-15(2,3)22-14(20)19-4-5-21-9-10(19)7-18-8-11-6-12(16)13(17)23-11/h6,10,18H,4-5,7-9H2,1-3H3. The lowest BCUT2D eigenvalue weighted by Gasteiger charge is -2.36. The van der Waals surface area contributed by atoms with Crippen molar-refractivity contribution in [3.8, 4) is 0 Å². The van der Waals surface area contributed by atoms with Gasteiger partial charge in [-0.05, 0) is 42.8 Å². The van der Waals surface area contributed by atoms with Gasteiger partial charge in [0.05, 0.1) is 19.3 Å². The van der Waals surface area contributed by atoms with E-state index in [0.717, 1.165) is 13.7 Å². The average molecular weight is 426 g/mol. The maximum atomic E-state index is 12.3. The Balaban J connectivity index is 1.87. The van der Waals surface area contributed by atoms with Crippen LogP contribution in [-0.4, -0.2) is 48.9 Å². The summed E-state index contributed by atoms with van der Waals surface area (Å²) in [6, 6.07) is 1.97. The van der Waals surface area contributed by atoms with Crippen LogP contribution in [0.2, 0.25) is 4.34 Å². The van der Waals surface area contributed by atoms with E-state index < -0.39 is 5.60 Å². The predicted molar refractivity (Wildman–Crippen MR) is 96.3 cm³/mol. The van der Waals surface area contributed by atoms with E-state index in [1.165, 1.54) is 11.3 Å². The number of nitrogens with one attached hydrogen (secondary N) is 1. The Labute approximate surface area is 154 Å². The molecule has 23 heavy (non-hydrogen) atoms. The summed E-state index contributed by atoms with van der Waals surface area (Å²) in [5, 5.41) is 3.36. The number of ether oxygens (including phenoxy) is 2. The van der Waals surface area contributed by atoms with Crippen LogP contribution in [0.25, 0.3) is 0 Å². The minimum atomic E-state index is -0.493. The molecule has 0 spiro atoms. The largest absolute Gasteiger partial charge is 0.444 e. The Kier molecular flexibility index (Phi) is 6.74. The Hall–Kier alpha value is -0.340. The van der Waals surface area contributed by atoms with Crippen molar-refractivity contribution < 1.29 is 14.3 Å². The second kappa shape index (κ2) is 8.16. The summed E-state index contributed by atoms with van der Waals surface area (Å²) in [5.41, 5.74) is -0.493. The van der Waals surface area contributed by atoms with Crippen molar-refractivity contribution in [1.82, 2.24) is 10.2 Å². The number of hydrogen-bond acceptors (Lipinski definition) is 5. The quantitative estimate of drug-likeness (QED) is 0.795. The summed E-state index contributed by atoms with van der Waals surface area (Å²) in [6.45, 7) is 8.58. The highest BCUT2D eigenvalue weighted by Gasteiger charge is 2.30. The molecule has 1 aromatic rings. The summed E-state index contributed by atoms with van der Waals surface area (Å²) in [4.78, 5) is 15.2. The summed E-state index contributed by atoms with van der Waals surface area (Å²) in [7, 11) is 0. The van der Waals surface area contributed by atoms with Crippen molar-refractivity contribution in [3.63, 3.8) is 0 Å². The summed E-state index contributed by atoms with van der Waals surface area (Å²) >= 11 is 11.0. The summed E-state index contributed by atoms with van der Waals surface area (Å²) < 4.78 is 12.6. The van der Waals surface area contributed by atoms with Crippen LogP contribution in [0.4, 0.5) is 4.79 Å². The topological polar surface area (TPSA) is 50.8 Å². The van der Waals surface area contributed by atoms with Gasteiger partial charge in [-0.15, -0.1) is 11.3 Å². The fourth-order valence-electron chi connectivity index (χ4n) is 2.23. The monoisotopic (exact) mass is 424 g/mol. The first kappa shape index (κ1) is 19.0. The van der Waals surface area contributed by atoms with Crippen LogP contribution in [0.5, 0.6) is 0 Å². The number of hydrogen-bond donors (Lipinski definition) is 1. The van der Waals surface area contributed by atoms with Gasteiger partial charge in [-0.1, -0.05) is 11.6 Å². The zero-order valence-corrected chi connectivity index (χ0v) is 16.7. The van der Waals surface area contributed by atoms with Gasteiger partial charge in [0.15, 0.2) is 0 Å². The van der Waals surface area contributed by atoms with Crippen LogP contribution < -0.4 is 5.32 Å². The fourth-order valence-corrected chi connectivity index (χ4v) is 3.99. The number of carbonyl (C=O) groups is 1. The second-order valence-corrected chi connectivity index (χ2v) is 8.96. The third-order valence-electron chi connectivity index (χ3n) is 3.23. The van der Waals surface area contributed by atoms with Crippen LogP contribution in [-0.2, 0) is 16.0 Å². The van der Waals surface area contributed by atoms with Crippen molar-refractivity contribution >= 4 is 45.0 Å². The van der Waals surface area contributed by atoms with Gasteiger partial charge >= 0.3 is 6.09 Å². The molecular weight excluding hydrogens is 404 g/mol. The lowest BCUT2D eigenvalue weighted by atomic mass is 10.2. The van der Waals surface area contributed by atoms with Crippen molar-refractivity contribution in [2.24, 2.45) is 0 Å². The highest BCUT2D eigenvalue weighted by atomic mass is 79.9.